The summed E-state index contributed by atoms with van der Waals surface area (Å²) in [6, 6.07) is 0.144. The van der Waals surface area contributed by atoms with Gasteiger partial charge in [-0.3, -0.25) is 4.79 Å². The van der Waals surface area contributed by atoms with Crippen LogP contribution in [0.2, 0.25) is 0 Å². The first kappa shape index (κ1) is 14.7. The van der Waals surface area contributed by atoms with Crippen molar-refractivity contribution in [2.75, 3.05) is 19.7 Å². The van der Waals surface area contributed by atoms with Crippen molar-refractivity contribution in [3.63, 3.8) is 0 Å². The normalized spacial score (nSPS) is 27.8. The summed E-state index contributed by atoms with van der Waals surface area (Å²) in [4.78, 5) is 11.9. The van der Waals surface area contributed by atoms with Gasteiger partial charge in [-0.15, -0.1) is 12.4 Å². The number of hydrogen-bond acceptors (Lipinski definition) is 3. The van der Waals surface area contributed by atoms with E-state index in [1.807, 2.05) is 13.8 Å². The van der Waals surface area contributed by atoms with Gasteiger partial charge in [0.05, 0.1) is 12.1 Å². The van der Waals surface area contributed by atoms with Gasteiger partial charge in [0.1, 0.15) is 0 Å². The summed E-state index contributed by atoms with van der Waals surface area (Å²) >= 11 is 0. The van der Waals surface area contributed by atoms with E-state index >= 15 is 0 Å². The lowest BCUT2D eigenvalue weighted by molar-refractivity contribution is -0.128. The van der Waals surface area contributed by atoms with Crippen LogP contribution in [0.1, 0.15) is 26.7 Å². The summed E-state index contributed by atoms with van der Waals surface area (Å²) in [5, 5.41) is 6.28. The van der Waals surface area contributed by atoms with Gasteiger partial charge < -0.3 is 15.4 Å². The molecule has 17 heavy (non-hydrogen) atoms. The van der Waals surface area contributed by atoms with Gasteiger partial charge in [-0.25, -0.2) is 0 Å². The van der Waals surface area contributed by atoms with E-state index in [9.17, 15) is 4.79 Å². The van der Waals surface area contributed by atoms with Gasteiger partial charge in [0, 0.05) is 12.5 Å². The fourth-order valence-corrected chi connectivity index (χ4v) is 2.32. The lowest BCUT2D eigenvalue weighted by atomic mass is 9.88. The topological polar surface area (TPSA) is 50.4 Å². The summed E-state index contributed by atoms with van der Waals surface area (Å²) in [5.41, 5.74) is 0. The fourth-order valence-electron chi connectivity index (χ4n) is 2.32. The quantitative estimate of drug-likeness (QED) is 0.793. The van der Waals surface area contributed by atoms with Crippen LogP contribution in [0.3, 0.4) is 0 Å². The molecule has 100 valence electrons. The van der Waals surface area contributed by atoms with E-state index in [0.717, 1.165) is 32.5 Å². The van der Waals surface area contributed by atoms with E-state index in [0.29, 0.717) is 5.92 Å². The van der Waals surface area contributed by atoms with Crippen molar-refractivity contribution in [2.24, 2.45) is 11.8 Å². The molecule has 2 aliphatic heterocycles. The third kappa shape index (κ3) is 3.57. The maximum Gasteiger partial charge on any atom is 0.223 e. The molecular weight excluding hydrogens is 240 g/mol. The molecule has 2 N–H and O–H groups in total. The number of rotatable bonds is 4. The van der Waals surface area contributed by atoms with Gasteiger partial charge in [-0.2, -0.15) is 0 Å². The Bertz CT molecular complexity index is 253. The highest BCUT2D eigenvalue weighted by molar-refractivity contribution is 5.85. The maximum absolute atomic E-state index is 11.9. The molecule has 0 bridgehead atoms. The van der Waals surface area contributed by atoms with E-state index in [-0.39, 0.29) is 36.4 Å². The van der Waals surface area contributed by atoms with Crippen LogP contribution in [-0.4, -0.2) is 37.7 Å². The van der Waals surface area contributed by atoms with Crippen LogP contribution in [0.15, 0.2) is 0 Å². The molecule has 2 heterocycles. The Morgan fingerprint density at radius 2 is 2.12 bits per heavy atom. The van der Waals surface area contributed by atoms with Gasteiger partial charge in [-0.1, -0.05) is 6.92 Å². The predicted molar refractivity (Wildman–Crippen MR) is 69.4 cm³/mol. The van der Waals surface area contributed by atoms with Crippen molar-refractivity contribution in [1.82, 2.24) is 10.6 Å². The van der Waals surface area contributed by atoms with E-state index in [1.165, 1.54) is 0 Å². The van der Waals surface area contributed by atoms with Crippen LogP contribution in [0, 0.1) is 11.8 Å². The van der Waals surface area contributed by atoms with Crippen LogP contribution in [0.25, 0.3) is 0 Å². The van der Waals surface area contributed by atoms with Gasteiger partial charge in [0.25, 0.3) is 0 Å². The molecule has 2 aliphatic rings. The summed E-state index contributed by atoms with van der Waals surface area (Å²) in [7, 11) is 0. The Morgan fingerprint density at radius 3 is 2.59 bits per heavy atom. The monoisotopic (exact) mass is 262 g/mol. The molecule has 0 aromatic carbocycles. The van der Waals surface area contributed by atoms with E-state index in [1.54, 1.807) is 0 Å². The number of hydrogen-bond donors (Lipinski definition) is 2. The Morgan fingerprint density at radius 1 is 1.41 bits per heavy atom. The smallest absolute Gasteiger partial charge is 0.223 e. The zero-order chi connectivity index (χ0) is 11.5. The predicted octanol–water partition coefficient (Wildman–Crippen LogP) is 0.947. The first-order valence-electron chi connectivity index (χ1n) is 6.31. The fraction of sp³-hybridized carbons (Fsp3) is 0.917. The summed E-state index contributed by atoms with van der Waals surface area (Å²) in [6.45, 7) is 6.85. The van der Waals surface area contributed by atoms with Crippen molar-refractivity contribution in [1.29, 1.82) is 0 Å². The number of carbonyl (C=O) groups excluding carboxylic acids is 1. The Labute approximate surface area is 109 Å². The van der Waals surface area contributed by atoms with Gasteiger partial charge in [-0.05, 0) is 38.8 Å². The maximum atomic E-state index is 11.9. The molecule has 2 fully saturated rings. The third-order valence-corrected chi connectivity index (χ3v) is 3.83. The standard InChI is InChI=1S/C12H22N2O2.ClH/c1-8(10-6-13-7-10)12(15)14-9(2)11-4-3-5-16-11;/h8-11,13H,3-7H2,1-2H3,(H,14,15);1H. The average molecular weight is 263 g/mol. The highest BCUT2D eigenvalue weighted by Gasteiger charge is 2.31. The number of halogens is 1. The first-order valence-corrected chi connectivity index (χ1v) is 6.31. The zero-order valence-corrected chi connectivity index (χ0v) is 11.4. The van der Waals surface area contributed by atoms with Crippen LogP contribution >= 0.6 is 12.4 Å². The van der Waals surface area contributed by atoms with Gasteiger partial charge in [0.2, 0.25) is 5.91 Å². The molecule has 4 nitrogen and oxygen atoms in total. The van der Waals surface area contributed by atoms with E-state index in [4.69, 9.17) is 4.74 Å². The van der Waals surface area contributed by atoms with Crippen molar-refractivity contribution >= 4 is 18.3 Å². The molecule has 0 saturated carbocycles. The second-order valence-corrected chi connectivity index (χ2v) is 5.06. The lowest BCUT2D eigenvalue weighted by Gasteiger charge is -2.33. The van der Waals surface area contributed by atoms with Crippen LogP contribution in [0.4, 0.5) is 0 Å². The Hall–Kier alpha value is -0.320. The van der Waals surface area contributed by atoms with Gasteiger partial charge >= 0.3 is 0 Å². The summed E-state index contributed by atoms with van der Waals surface area (Å²) in [6.07, 6.45) is 2.41. The van der Waals surface area contributed by atoms with Crippen molar-refractivity contribution in [2.45, 2.75) is 38.8 Å². The molecular formula is C12H23ClN2O2. The lowest BCUT2D eigenvalue weighted by Crippen LogP contribution is -2.52. The average Bonchev–Trinajstić information content (AvgIpc) is 2.67. The number of nitrogens with one attached hydrogen (secondary N) is 2. The molecule has 3 atom stereocenters. The second kappa shape index (κ2) is 6.57. The number of ether oxygens (including phenoxy) is 1. The Balaban J connectivity index is 0.00000144. The van der Waals surface area contributed by atoms with Gasteiger partial charge in [0.15, 0.2) is 0 Å². The van der Waals surface area contributed by atoms with Crippen molar-refractivity contribution in [3.05, 3.63) is 0 Å². The van der Waals surface area contributed by atoms with Crippen LogP contribution in [0.5, 0.6) is 0 Å². The molecule has 0 radical (unpaired) electrons. The second-order valence-electron chi connectivity index (χ2n) is 5.06. The molecule has 2 rings (SSSR count). The molecule has 3 unspecified atom stereocenters. The Kier molecular flexibility index (Phi) is 5.70. The summed E-state index contributed by atoms with van der Waals surface area (Å²) < 4.78 is 5.57. The minimum atomic E-state index is 0. The molecule has 0 aromatic heterocycles. The van der Waals surface area contributed by atoms with Crippen molar-refractivity contribution < 1.29 is 9.53 Å². The minimum absolute atomic E-state index is 0. The number of amides is 1. The molecule has 0 aliphatic carbocycles. The van der Waals surface area contributed by atoms with Crippen molar-refractivity contribution in [3.8, 4) is 0 Å². The van der Waals surface area contributed by atoms with E-state index < -0.39 is 0 Å². The third-order valence-electron chi connectivity index (χ3n) is 3.83. The summed E-state index contributed by atoms with van der Waals surface area (Å²) in [5.74, 6) is 0.802. The SMILES string of the molecule is CC(NC(=O)C(C)C1CNC1)C1CCCO1.Cl. The largest absolute Gasteiger partial charge is 0.376 e. The molecule has 0 aromatic rings. The molecule has 0 spiro atoms. The van der Waals surface area contributed by atoms with Crippen LogP contribution in [-0.2, 0) is 9.53 Å². The molecule has 2 saturated heterocycles. The first-order chi connectivity index (χ1) is 7.68. The molecule has 5 heteroatoms. The molecule has 1 amide bonds. The number of carbonyl (C=O) groups is 1. The highest BCUT2D eigenvalue weighted by atomic mass is 35.5. The zero-order valence-electron chi connectivity index (χ0n) is 10.6. The highest BCUT2D eigenvalue weighted by Crippen LogP contribution is 2.18. The van der Waals surface area contributed by atoms with E-state index in [2.05, 4.69) is 10.6 Å². The minimum Gasteiger partial charge on any atom is -0.376 e. The van der Waals surface area contributed by atoms with Crippen LogP contribution < -0.4 is 10.6 Å².